The van der Waals surface area contributed by atoms with Gasteiger partial charge in [0.25, 0.3) is 5.91 Å². The van der Waals surface area contributed by atoms with E-state index in [1.807, 2.05) is 18.2 Å². The summed E-state index contributed by atoms with van der Waals surface area (Å²) in [4.78, 5) is 18.6. The van der Waals surface area contributed by atoms with Crippen molar-refractivity contribution in [1.29, 1.82) is 0 Å². The minimum Gasteiger partial charge on any atom is -0.322 e. The number of carbonyl (C=O) groups excluding carboxylic acids is 1. The number of aromatic nitrogens is 1. The van der Waals surface area contributed by atoms with Crippen LogP contribution in [0.3, 0.4) is 0 Å². The summed E-state index contributed by atoms with van der Waals surface area (Å²) < 4.78 is 1.20. The van der Waals surface area contributed by atoms with E-state index in [0.29, 0.717) is 6.54 Å². The number of carbonyl (C=O) groups is 1. The van der Waals surface area contributed by atoms with Gasteiger partial charge in [0.1, 0.15) is 6.04 Å². The van der Waals surface area contributed by atoms with E-state index in [4.69, 9.17) is 4.98 Å². The first-order chi connectivity index (χ1) is 13.0. The van der Waals surface area contributed by atoms with Crippen LogP contribution in [0.5, 0.6) is 0 Å². The van der Waals surface area contributed by atoms with Crippen LogP contribution in [0.1, 0.15) is 42.9 Å². The third kappa shape index (κ3) is 4.37. The highest BCUT2D eigenvalue weighted by molar-refractivity contribution is 7.18. The first kappa shape index (κ1) is 19.5. The molecule has 1 amide bonds. The zero-order chi connectivity index (χ0) is 19.4. The number of nitrogens with zero attached hydrogens (tertiary/aromatic N) is 1. The molecule has 4 nitrogen and oxygen atoms in total. The molecule has 0 fully saturated rings. The van der Waals surface area contributed by atoms with Crippen molar-refractivity contribution in [3.05, 3.63) is 58.6 Å². The van der Waals surface area contributed by atoms with Gasteiger partial charge in [-0.15, -0.1) is 11.3 Å². The van der Waals surface area contributed by atoms with E-state index in [9.17, 15) is 4.79 Å². The number of para-hydroxylation sites is 2. The molecule has 5 heteroatoms. The van der Waals surface area contributed by atoms with E-state index in [2.05, 4.69) is 57.4 Å². The van der Waals surface area contributed by atoms with Crippen LogP contribution in [0.4, 0.5) is 5.69 Å². The van der Waals surface area contributed by atoms with Crippen LogP contribution in [-0.2, 0) is 17.6 Å². The fourth-order valence-electron chi connectivity index (χ4n) is 3.28. The topological polar surface area (TPSA) is 46.4 Å². The largest absolute Gasteiger partial charge is 0.322 e. The molecule has 1 heterocycles. The molecule has 2 N–H and O–H groups in total. The quantitative estimate of drug-likeness (QED) is 0.655. The summed E-state index contributed by atoms with van der Waals surface area (Å²) in [5.74, 6) is 0.0519. The second-order valence-corrected chi connectivity index (χ2v) is 8.03. The molecule has 3 rings (SSSR count). The summed E-state index contributed by atoms with van der Waals surface area (Å²) in [7, 11) is 2.06. The minimum absolute atomic E-state index is 0.0519. The molecule has 2 atom stereocenters. The van der Waals surface area contributed by atoms with Gasteiger partial charge in [-0.3, -0.25) is 4.79 Å². The molecule has 0 spiro atoms. The first-order valence-electron chi connectivity index (χ1n) is 9.61. The lowest BCUT2D eigenvalue weighted by Gasteiger charge is -2.20. The van der Waals surface area contributed by atoms with Gasteiger partial charge in [0, 0.05) is 5.69 Å². The molecule has 0 aliphatic heterocycles. The highest BCUT2D eigenvalue weighted by Crippen LogP contribution is 2.25. The predicted octanol–water partition coefficient (Wildman–Crippen LogP) is 3.64. The van der Waals surface area contributed by atoms with E-state index < -0.39 is 0 Å². The van der Waals surface area contributed by atoms with Gasteiger partial charge < -0.3 is 10.2 Å². The van der Waals surface area contributed by atoms with Crippen molar-refractivity contribution < 1.29 is 9.69 Å². The normalized spacial score (nSPS) is 13.5. The van der Waals surface area contributed by atoms with Crippen molar-refractivity contribution in [2.75, 3.05) is 18.9 Å². The van der Waals surface area contributed by atoms with Crippen LogP contribution in [0, 0.1) is 0 Å². The van der Waals surface area contributed by atoms with Gasteiger partial charge in [0.15, 0.2) is 11.6 Å². The number of likely N-dealkylation sites (N-methyl/N-ethyl adjacent to an activating group) is 1. The Hall–Kier alpha value is -2.24. The average Bonchev–Trinajstić information content (AvgIpc) is 3.11. The molecule has 2 aromatic carbocycles. The predicted molar refractivity (Wildman–Crippen MR) is 114 cm³/mol. The van der Waals surface area contributed by atoms with Gasteiger partial charge in [-0.25, -0.2) is 4.98 Å². The van der Waals surface area contributed by atoms with Gasteiger partial charge in [0.05, 0.1) is 17.3 Å². The molecule has 0 saturated carbocycles. The summed E-state index contributed by atoms with van der Waals surface area (Å²) in [5.41, 5.74) is 4.41. The number of hydrogen-bond donors (Lipinski definition) is 2. The van der Waals surface area contributed by atoms with Crippen molar-refractivity contribution in [1.82, 2.24) is 4.98 Å². The number of hydrogen-bond acceptors (Lipinski definition) is 3. The Kier molecular flexibility index (Phi) is 6.24. The molecule has 3 aromatic rings. The van der Waals surface area contributed by atoms with Crippen LogP contribution < -0.4 is 10.2 Å². The summed E-state index contributed by atoms with van der Waals surface area (Å²) in [6, 6.07) is 14.6. The van der Waals surface area contributed by atoms with Gasteiger partial charge in [0.2, 0.25) is 0 Å². The SMILES string of the molecule is CCc1cccc(CC)c1NC(=O)C[NH+](C)[C@@H](C)c1nc2ccccc2s1. The number of quaternary nitrogens is 1. The molecule has 1 unspecified atom stereocenters. The fraction of sp³-hybridized carbons (Fsp3) is 0.364. The van der Waals surface area contributed by atoms with E-state index >= 15 is 0 Å². The van der Waals surface area contributed by atoms with Crippen LogP contribution in [0.15, 0.2) is 42.5 Å². The molecule has 0 radical (unpaired) electrons. The summed E-state index contributed by atoms with van der Waals surface area (Å²) in [5, 5.41) is 4.24. The molecular weight excluding hydrogens is 354 g/mol. The molecule has 1 aromatic heterocycles. The Morgan fingerprint density at radius 3 is 2.41 bits per heavy atom. The number of nitrogens with one attached hydrogen (secondary N) is 2. The molecule has 0 aliphatic carbocycles. The lowest BCUT2D eigenvalue weighted by atomic mass is 10.0. The zero-order valence-electron chi connectivity index (χ0n) is 16.5. The van der Waals surface area contributed by atoms with E-state index in [1.165, 1.54) is 15.8 Å². The standard InChI is InChI=1S/C22H27N3OS/c1-5-16-10-9-11-17(6-2)21(16)24-20(26)14-25(4)15(3)22-23-18-12-7-8-13-19(18)27-22/h7-13,15H,5-6,14H2,1-4H3,(H,24,26)/p+1/t15-/m0/s1. The summed E-state index contributed by atoms with van der Waals surface area (Å²) in [6.07, 6.45) is 1.82. The Morgan fingerprint density at radius 2 is 1.78 bits per heavy atom. The monoisotopic (exact) mass is 382 g/mol. The Labute approximate surface area is 165 Å². The highest BCUT2D eigenvalue weighted by Gasteiger charge is 2.22. The molecule has 0 saturated heterocycles. The van der Waals surface area contributed by atoms with Gasteiger partial charge in [-0.05, 0) is 43.0 Å². The van der Waals surface area contributed by atoms with E-state index in [1.54, 1.807) is 11.3 Å². The van der Waals surface area contributed by atoms with Crippen LogP contribution in [0.2, 0.25) is 0 Å². The Morgan fingerprint density at radius 1 is 1.11 bits per heavy atom. The van der Waals surface area contributed by atoms with Crippen molar-refractivity contribution in [2.24, 2.45) is 0 Å². The number of rotatable bonds is 7. The maximum atomic E-state index is 12.7. The maximum absolute atomic E-state index is 12.7. The smallest absolute Gasteiger partial charge is 0.279 e. The highest BCUT2D eigenvalue weighted by atomic mass is 32.1. The van der Waals surface area contributed by atoms with Gasteiger partial charge >= 0.3 is 0 Å². The molecular formula is C22H28N3OS+. The molecule has 0 aliphatic rings. The Balaban J connectivity index is 1.70. The number of amides is 1. The third-order valence-electron chi connectivity index (χ3n) is 5.12. The minimum atomic E-state index is 0.0519. The first-order valence-corrected chi connectivity index (χ1v) is 10.4. The average molecular weight is 383 g/mol. The van der Waals surface area contributed by atoms with Crippen molar-refractivity contribution >= 4 is 33.1 Å². The molecule has 27 heavy (non-hydrogen) atoms. The molecule has 0 bridgehead atoms. The van der Waals surface area contributed by atoms with E-state index in [-0.39, 0.29) is 11.9 Å². The van der Waals surface area contributed by atoms with Crippen molar-refractivity contribution in [3.63, 3.8) is 0 Å². The van der Waals surface area contributed by atoms with Crippen molar-refractivity contribution in [2.45, 2.75) is 39.7 Å². The lowest BCUT2D eigenvalue weighted by Crippen LogP contribution is -3.10. The van der Waals surface area contributed by atoms with E-state index in [0.717, 1.165) is 34.0 Å². The van der Waals surface area contributed by atoms with Crippen molar-refractivity contribution in [3.8, 4) is 0 Å². The lowest BCUT2D eigenvalue weighted by molar-refractivity contribution is -0.902. The number of fused-ring (bicyclic) bond motifs is 1. The number of aryl methyl sites for hydroxylation is 2. The second kappa shape index (κ2) is 8.63. The number of thiazole rings is 1. The Bertz CT molecular complexity index is 879. The third-order valence-corrected chi connectivity index (χ3v) is 6.34. The summed E-state index contributed by atoms with van der Waals surface area (Å²) >= 11 is 1.71. The maximum Gasteiger partial charge on any atom is 0.279 e. The number of benzene rings is 2. The second-order valence-electron chi connectivity index (χ2n) is 6.97. The fourth-order valence-corrected chi connectivity index (χ4v) is 4.39. The van der Waals surface area contributed by atoms with Crippen LogP contribution in [-0.4, -0.2) is 24.5 Å². The van der Waals surface area contributed by atoms with Crippen LogP contribution >= 0.6 is 11.3 Å². The number of anilines is 1. The zero-order valence-corrected chi connectivity index (χ0v) is 17.3. The van der Waals surface area contributed by atoms with Crippen LogP contribution in [0.25, 0.3) is 10.2 Å². The van der Waals surface area contributed by atoms with Gasteiger partial charge in [-0.2, -0.15) is 0 Å². The summed E-state index contributed by atoms with van der Waals surface area (Å²) in [6.45, 7) is 6.80. The van der Waals surface area contributed by atoms with Gasteiger partial charge in [-0.1, -0.05) is 44.2 Å². The molecule has 142 valence electrons.